The highest BCUT2D eigenvalue weighted by atomic mass is 35.5. The molecule has 1 aromatic rings. The molecule has 1 aromatic carbocycles. The molecular formula is C11H12ClFS. The van der Waals surface area contributed by atoms with E-state index in [1.165, 1.54) is 6.07 Å². The van der Waals surface area contributed by atoms with Crippen LogP contribution in [0, 0.1) is 17.0 Å². The molecule has 0 atom stereocenters. The summed E-state index contributed by atoms with van der Waals surface area (Å²) in [6.45, 7) is 0. The molecule has 1 rings (SSSR count). The van der Waals surface area contributed by atoms with Gasteiger partial charge >= 0.3 is 0 Å². The molecule has 0 saturated carbocycles. The summed E-state index contributed by atoms with van der Waals surface area (Å²) in [5.41, 5.74) is 0.414. The van der Waals surface area contributed by atoms with Gasteiger partial charge in [0.15, 0.2) is 0 Å². The summed E-state index contributed by atoms with van der Waals surface area (Å²) >= 11 is 5.62. The Hall–Kier alpha value is -0.650. The first kappa shape index (κ1) is 11.4. The van der Waals surface area contributed by atoms with Crippen molar-refractivity contribution in [3.05, 3.63) is 34.6 Å². The first-order valence-corrected chi connectivity index (χ1v) is 7.28. The summed E-state index contributed by atoms with van der Waals surface area (Å²) in [5.74, 6) is 2.48. The van der Waals surface area contributed by atoms with Crippen LogP contribution in [-0.4, -0.2) is 18.8 Å². The van der Waals surface area contributed by atoms with Crippen LogP contribution in [0.2, 0.25) is 5.02 Å². The normalized spacial score (nSPS) is 11.8. The highest BCUT2D eigenvalue weighted by molar-refractivity contribution is 8.35. The summed E-state index contributed by atoms with van der Waals surface area (Å²) in [6.07, 6.45) is 6.19. The minimum absolute atomic E-state index is 0.353. The number of hydrogen-bond acceptors (Lipinski definition) is 0. The first-order valence-electron chi connectivity index (χ1n) is 4.04. The van der Waals surface area contributed by atoms with E-state index in [9.17, 15) is 4.39 Å². The monoisotopic (exact) mass is 230 g/mol. The first-order chi connectivity index (χ1) is 6.38. The maximum absolute atomic E-state index is 13.2. The van der Waals surface area contributed by atoms with Crippen LogP contribution in [0.5, 0.6) is 0 Å². The van der Waals surface area contributed by atoms with E-state index in [2.05, 4.69) is 29.9 Å². The van der Waals surface area contributed by atoms with Crippen molar-refractivity contribution in [2.45, 2.75) is 0 Å². The van der Waals surface area contributed by atoms with Crippen LogP contribution in [0.3, 0.4) is 0 Å². The molecular weight excluding hydrogens is 219 g/mol. The van der Waals surface area contributed by atoms with Gasteiger partial charge < -0.3 is 0 Å². The fourth-order valence-electron chi connectivity index (χ4n) is 0.799. The molecule has 0 nitrogen and oxygen atoms in total. The zero-order valence-electron chi connectivity index (χ0n) is 8.40. The third-order valence-electron chi connectivity index (χ3n) is 1.42. The topological polar surface area (TPSA) is 0 Å². The standard InChI is InChI=1S/C11H12ClFS/c1-14(2,3)7-6-9-4-5-10(12)8-11(9)13/h4-5,8H,1-3H3. The van der Waals surface area contributed by atoms with Gasteiger partial charge in [-0.25, -0.2) is 4.39 Å². The average Bonchev–Trinajstić information content (AvgIpc) is 2.00. The molecule has 0 aliphatic rings. The minimum Gasteiger partial charge on any atom is -0.206 e. The average molecular weight is 231 g/mol. The summed E-state index contributed by atoms with van der Waals surface area (Å²) in [7, 11) is -0.910. The lowest BCUT2D eigenvalue weighted by atomic mass is 10.2. The minimum atomic E-state index is -0.910. The van der Waals surface area contributed by atoms with Gasteiger partial charge in [0.1, 0.15) is 5.82 Å². The van der Waals surface area contributed by atoms with E-state index < -0.39 is 10.0 Å². The Balaban J connectivity index is 3.02. The van der Waals surface area contributed by atoms with Crippen molar-refractivity contribution in [1.29, 1.82) is 0 Å². The van der Waals surface area contributed by atoms with Crippen LogP contribution in [0.25, 0.3) is 0 Å². The predicted molar refractivity (Wildman–Crippen MR) is 63.7 cm³/mol. The quantitative estimate of drug-likeness (QED) is 0.599. The molecule has 0 heterocycles. The van der Waals surface area contributed by atoms with Gasteiger partial charge in [-0.15, -0.1) is 0 Å². The Morgan fingerprint density at radius 3 is 2.43 bits per heavy atom. The van der Waals surface area contributed by atoms with E-state index in [1.54, 1.807) is 12.1 Å². The molecule has 76 valence electrons. The lowest BCUT2D eigenvalue weighted by Crippen LogP contribution is -1.87. The van der Waals surface area contributed by atoms with Gasteiger partial charge in [-0.2, -0.15) is 10.0 Å². The number of hydrogen-bond donors (Lipinski definition) is 0. The molecule has 0 aromatic heterocycles. The molecule has 0 saturated heterocycles. The second-order valence-corrected chi connectivity index (χ2v) is 8.00. The van der Waals surface area contributed by atoms with Gasteiger partial charge in [0.05, 0.1) is 5.56 Å². The van der Waals surface area contributed by atoms with Gasteiger partial charge in [0.25, 0.3) is 0 Å². The van der Waals surface area contributed by atoms with E-state index in [4.69, 9.17) is 11.6 Å². The van der Waals surface area contributed by atoms with Crippen molar-refractivity contribution in [1.82, 2.24) is 0 Å². The van der Waals surface area contributed by atoms with Crippen LogP contribution in [0.1, 0.15) is 5.56 Å². The molecule has 0 amide bonds. The molecule has 0 aliphatic carbocycles. The van der Waals surface area contributed by atoms with Crippen molar-refractivity contribution in [3.63, 3.8) is 0 Å². The zero-order chi connectivity index (χ0) is 10.8. The van der Waals surface area contributed by atoms with Crippen LogP contribution in [-0.2, 0) is 0 Å². The lowest BCUT2D eigenvalue weighted by molar-refractivity contribution is 0.624. The zero-order valence-corrected chi connectivity index (χ0v) is 9.97. The third-order valence-corrected chi connectivity index (χ3v) is 2.37. The van der Waals surface area contributed by atoms with Gasteiger partial charge in [-0.05, 0) is 42.2 Å². The second-order valence-electron chi connectivity index (χ2n) is 3.69. The summed E-state index contributed by atoms with van der Waals surface area (Å²) in [5, 5.41) is 3.45. The maximum atomic E-state index is 13.2. The van der Waals surface area contributed by atoms with E-state index in [0.717, 1.165) is 0 Å². The molecule has 0 unspecified atom stereocenters. The lowest BCUT2D eigenvalue weighted by Gasteiger charge is -2.14. The second kappa shape index (κ2) is 4.25. The summed E-state index contributed by atoms with van der Waals surface area (Å²) in [4.78, 5) is 0. The van der Waals surface area contributed by atoms with E-state index >= 15 is 0 Å². The molecule has 0 spiro atoms. The highest BCUT2D eigenvalue weighted by Gasteiger charge is 2.01. The molecule has 0 fully saturated rings. The van der Waals surface area contributed by atoms with Gasteiger partial charge in [0, 0.05) is 5.02 Å². The van der Waals surface area contributed by atoms with Crippen molar-refractivity contribution in [3.8, 4) is 11.2 Å². The Kier molecular flexibility index (Phi) is 3.47. The molecule has 0 N–H and O–H groups in total. The van der Waals surface area contributed by atoms with E-state index in [0.29, 0.717) is 10.6 Å². The predicted octanol–water partition coefficient (Wildman–Crippen LogP) is 3.48. The Bertz CT molecular complexity index is 396. The SMILES string of the molecule is CS(C)(C)C#Cc1ccc(Cl)cc1F. The van der Waals surface area contributed by atoms with Crippen LogP contribution >= 0.6 is 21.6 Å². The van der Waals surface area contributed by atoms with Crippen LogP contribution in [0.15, 0.2) is 18.2 Å². The van der Waals surface area contributed by atoms with Crippen molar-refractivity contribution in [2.75, 3.05) is 18.8 Å². The maximum Gasteiger partial charge on any atom is 0.140 e. The third kappa shape index (κ3) is 3.61. The molecule has 3 heteroatoms. The van der Waals surface area contributed by atoms with Crippen molar-refractivity contribution < 1.29 is 4.39 Å². The molecule has 14 heavy (non-hydrogen) atoms. The Morgan fingerprint density at radius 2 is 1.93 bits per heavy atom. The van der Waals surface area contributed by atoms with Gasteiger partial charge in [0.2, 0.25) is 0 Å². The Labute approximate surface area is 90.8 Å². The smallest absolute Gasteiger partial charge is 0.140 e. The fourth-order valence-corrected chi connectivity index (χ4v) is 1.37. The van der Waals surface area contributed by atoms with E-state index in [1.807, 2.05) is 0 Å². The highest BCUT2D eigenvalue weighted by Crippen LogP contribution is 2.32. The van der Waals surface area contributed by atoms with E-state index in [-0.39, 0.29) is 5.82 Å². The number of benzene rings is 1. The Morgan fingerprint density at radius 1 is 1.29 bits per heavy atom. The molecule has 0 radical (unpaired) electrons. The number of halogens is 2. The number of rotatable bonds is 0. The van der Waals surface area contributed by atoms with Gasteiger partial charge in [-0.1, -0.05) is 17.5 Å². The van der Waals surface area contributed by atoms with Crippen molar-refractivity contribution in [2.24, 2.45) is 0 Å². The van der Waals surface area contributed by atoms with Crippen molar-refractivity contribution >= 4 is 21.6 Å². The van der Waals surface area contributed by atoms with Crippen LogP contribution < -0.4 is 0 Å². The largest absolute Gasteiger partial charge is 0.206 e. The van der Waals surface area contributed by atoms with Gasteiger partial charge in [-0.3, -0.25) is 0 Å². The summed E-state index contributed by atoms with van der Waals surface area (Å²) < 4.78 is 13.2. The fraction of sp³-hybridized carbons (Fsp3) is 0.273. The summed E-state index contributed by atoms with van der Waals surface area (Å²) in [6, 6.07) is 4.53. The molecule has 0 bridgehead atoms. The van der Waals surface area contributed by atoms with Crippen LogP contribution in [0.4, 0.5) is 4.39 Å². The molecule has 0 aliphatic heterocycles.